The lowest BCUT2D eigenvalue weighted by molar-refractivity contribution is 0.159. The first-order valence-electron chi connectivity index (χ1n) is 7.87. The first-order chi connectivity index (χ1) is 11.4. The second kappa shape index (κ2) is 6.41. The minimum atomic E-state index is -0.341. The third kappa shape index (κ3) is 2.94. The van der Waals surface area contributed by atoms with E-state index in [1.165, 1.54) is 0 Å². The van der Waals surface area contributed by atoms with Gasteiger partial charge in [0.25, 0.3) is 0 Å². The van der Waals surface area contributed by atoms with Gasteiger partial charge in [0, 0.05) is 0 Å². The zero-order valence-corrected chi connectivity index (χ0v) is 12.7. The summed E-state index contributed by atoms with van der Waals surface area (Å²) in [6.07, 6.45) is -0.215. The molecule has 0 aromatic heterocycles. The van der Waals surface area contributed by atoms with Crippen LogP contribution < -0.4 is 5.46 Å². The quantitative estimate of drug-likeness (QED) is 0.683. The van der Waals surface area contributed by atoms with E-state index in [0.717, 1.165) is 16.6 Å². The molecule has 23 heavy (non-hydrogen) atoms. The molecule has 3 heteroatoms. The molecule has 1 aliphatic heterocycles. The Morgan fingerprint density at radius 2 is 0.913 bits per heavy atom. The highest BCUT2D eigenvalue weighted by Gasteiger charge is 2.42. The van der Waals surface area contributed by atoms with Crippen LogP contribution in [0.1, 0.15) is 23.3 Å². The normalized spacial score (nSPS) is 20.6. The Morgan fingerprint density at radius 1 is 0.522 bits per heavy atom. The number of hydrogen-bond acceptors (Lipinski definition) is 2. The lowest BCUT2D eigenvalue weighted by atomic mass is 9.79. The molecule has 1 fully saturated rings. The maximum absolute atomic E-state index is 6.28. The molecule has 0 bridgehead atoms. The summed E-state index contributed by atoms with van der Waals surface area (Å²) in [4.78, 5) is 0. The van der Waals surface area contributed by atoms with Gasteiger partial charge in [0.1, 0.15) is 0 Å². The molecule has 0 spiro atoms. The fourth-order valence-electron chi connectivity index (χ4n) is 3.00. The second-order valence-electron chi connectivity index (χ2n) is 5.68. The number of rotatable bonds is 3. The van der Waals surface area contributed by atoms with Crippen LogP contribution in [0.4, 0.5) is 0 Å². The maximum Gasteiger partial charge on any atom is 0.494 e. The summed E-state index contributed by atoms with van der Waals surface area (Å²) < 4.78 is 12.6. The van der Waals surface area contributed by atoms with Gasteiger partial charge in [0.2, 0.25) is 0 Å². The Hall–Kier alpha value is -2.36. The van der Waals surface area contributed by atoms with E-state index in [0.29, 0.717) is 0 Å². The maximum atomic E-state index is 6.28. The van der Waals surface area contributed by atoms with E-state index in [9.17, 15) is 0 Å². The molecule has 0 amide bonds. The van der Waals surface area contributed by atoms with Crippen molar-refractivity contribution in [3.05, 3.63) is 102 Å². The van der Waals surface area contributed by atoms with Crippen molar-refractivity contribution >= 4 is 12.6 Å². The summed E-state index contributed by atoms with van der Waals surface area (Å²) in [5.41, 5.74) is 3.33. The van der Waals surface area contributed by atoms with Gasteiger partial charge in [-0.15, -0.1) is 0 Å². The van der Waals surface area contributed by atoms with E-state index in [4.69, 9.17) is 9.31 Å². The monoisotopic (exact) mass is 300 g/mol. The van der Waals surface area contributed by atoms with E-state index in [-0.39, 0.29) is 19.3 Å². The summed E-state index contributed by atoms with van der Waals surface area (Å²) in [6.45, 7) is 0. The molecule has 3 aromatic rings. The summed E-state index contributed by atoms with van der Waals surface area (Å²) in [5, 5.41) is 0. The third-order valence-corrected chi connectivity index (χ3v) is 4.14. The topological polar surface area (TPSA) is 18.5 Å². The average molecular weight is 300 g/mol. The Bertz CT molecular complexity index is 699. The van der Waals surface area contributed by atoms with Crippen LogP contribution in [-0.4, -0.2) is 7.12 Å². The van der Waals surface area contributed by atoms with Crippen molar-refractivity contribution in [3.8, 4) is 0 Å². The minimum Gasteiger partial charge on any atom is -0.397 e. The molecule has 2 atom stereocenters. The number of benzene rings is 3. The van der Waals surface area contributed by atoms with Gasteiger partial charge in [0.15, 0.2) is 0 Å². The molecule has 1 heterocycles. The first-order valence-corrected chi connectivity index (χ1v) is 7.87. The second-order valence-corrected chi connectivity index (χ2v) is 5.68. The Balaban J connectivity index is 1.70. The molecule has 112 valence electrons. The molecule has 0 radical (unpaired) electrons. The van der Waals surface area contributed by atoms with Crippen molar-refractivity contribution < 1.29 is 9.31 Å². The van der Waals surface area contributed by atoms with Crippen LogP contribution >= 0.6 is 0 Å². The lowest BCUT2D eigenvalue weighted by Gasteiger charge is -2.19. The van der Waals surface area contributed by atoms with Crippen molar-refractivity contribution in [3.63, 3.8) is 0 Å². The standard InChI is InChI=1S/C20H17BO2/c1-4-10-16(11-5-1)19-20(17-12-6-2-7-13-17)23-21(22-19)18-14-8-3-9-15-18/h1-15,19-20H/t19-,20-/m0/s1. The molecule has 3 aromatic carbocycles. The van der Waals surface area contributed by atoms with E-state index in [2.05, 4.69) is 24.3 Å². The van der Waals surface area contributed by atoms with Gasteiger partial charge in [0.05, 0.1) is 12.2 Å². The van der Waals surface area contributed by atoms with Gasteiger partial charge in [-0.3, -0.25) is 0 Å². The van der Waals surface area contributed by atoms with Gasteiger partial charge in [-0.25, -0.2) is 0 Å². The Labute approximate surface area is 136 Å². The molecule has 4 rings (SSSR count). The first kappa shape index (κ1) is 14.3. The van der Waals surface area contributed by atoms with Crippen LogP contribution in [0.15, 0.2) is 91.0 Å². The molecule has 1 aliphatic rings. The highest BCUT2D eigenvalue weighted by molar-refractivity contribution is 6.61. The van der Waals surface area contributed by atoms with Crippen LogP contribution in [0.25, 0.3) is 0 Å². The Morgan fingerprint density at radius 3 is 1.35 bits per heavy atom. The van der Waals surface area contributed by atoms with E-state index in [1.807, 2.05) is 66.7 Å². The van der Waals surface area contributed by atoms with Crippen molar-refractivity contribution in [2.75, 3.05) is 0 Å². The van der Waals surface area contributed by atoms with Crippen LogP contribution in [-0.2, 0) is 9.31 Å². The molecular weight excluding hydrogens is 283 g/mol. The van der Waals surface area contributed by atoms with Gasteiger partial charge in [-0.1, -0.05) is 91.0 Å². The van der Waals surface area contributed by atoms with Gasteiger partial charge >= 0.3 is 7.12 Å². The lowest BCUT2D eigenvalue weighted by Crippen LogP contribution is -2.31. The Kier molecular flexibility index (Phi) is 3.97. The number of hydrogen-bond donors (Lipinski definition) is 0. The van der Waals surface area contributed by atoms with Crippen molar-refractivity contribution in [1.82, 2.24) is 0 Å². The summed E-state index contributed by atoms with van der Waals surface area (Å²) in [7, 11) is -0.341. The van der Waals surface area contributed by atoms with Crippen LogP contribution in [0.5, 0.6) is 0 Å². The molecule has 0 saturated carbocycles. The largest absolute Gasteiger partial charge is 0.494 e. The highest BCUT2D eigenvalue weighted by Crippen LogP contribution is 2.41. The van der Waals surface area contributed by atoms with E-state index in [1.54, 1.807) is 0 Å². The predicted molar refractivity (Wildman–Crippen MR) is 92.4 cm³/mol. The predicted octanol–water partition coefficient (Wildman–Crippen LogP) is 3.91. The molecule has 2 nitrogen and oxygen atoms in total. The zero-order valence-electron chi connectivity index (χ0n) is 12.7. The van der Waals surface area contributed by atoms with Gasteiger partial charge in [-0.05, 0) is 16.6 Å². The third-order valence-electron chi connectivity index (χ3n) is 4.14. The summed E-state index contributed by atoms with van der Waals surface area (Å²) in [5.74, 6) is 0. The molecule has 0 unspecified atom stereocenters. The van der Waals surface area contributed by atoms with Crippen LogP contribution in [0, 0.1) is 0 Å². The zero-order chi connectivity index (χ0) is 15.5. The van der Waals surface area contributed by atoms with Crippen molar-refractivity contribution in [1.29, 1.82) is 0 Å². The van der Waals surface area contributed by atoms with E-state index < -0.39 is 0 Å². The van der Waals surface area contributed by atoms with Crippen LogP contribution in [0.2, 0.25) is 0 Å². The SMILES string of the molecule is c1ccc(B2O[C@@H](c3ccccc3)[C@H](c3ccccc3)O2)cc1. The fraction of sp³-hybridized carbons (Fsp3) is 0.100. The van der Waals surface area contributed by atoms with Gasteiger partial charge < -0.3 is 9.31 Å². The molecular formula is C20H17BO2. The minimum absolute atomic E-state index is 0.108. The molecule has 0 aliphatic carbocycles. The van der Waals surface area contributed by atoms with E-state index >= 15 is 0 Å². The molecule has 0 N–H and O–H groups in total. The summed E-state index contributed by atoms with van der Waals surface area (Å²) >= 11 is 0. The van der Waals surface area contributed by atoms with Crippen LogP contribution in [0.3, 0.4) is 0 Å². The van der Waals surface area contributed by atoms with Crippen molar-refractivity contribution in [2.45, 2.75) is 12.2 Å². The van der Waals surface area contributed by atoms with Crippen molar-refractivity contribution in [2.24, 2.45) is 0 Å². The average Bonchev–Trinajstić information content (AvgIpc) is 3.09. The summed E-state index contributed by atoms with van der Waals surface area (Å²) in [6, 6.07) is 30.7. The highest BCUT2D eigenvalue weighted by atomic mass is 16.7. The van der Waals surface area contributed by atoms with Gasteiger partial charge in [-0.2, -0.15) is 0 Å². The molecule has 1 saturated heterocycles. The smallest absolute Gasteiger partial charge is 0.397 e. The fourth-order valence-corrected chi connectivity index (χ4v) is 3.00.